The summed E-state index contributed by atoms with van der Waals surface area (Å²) in [6, 6.07) is 5.92. The Bertz CT molecular complexity index is 491. The van der Waals surface area contributed by atoms with Crippen LogP contribution in [0.3, 0.4) is 0 Å². The first-order valence-corrected chi connectivity index (χ1v) is 5.58. The zero-order chi connectivity index (χ0) is 11.5. The summed E-state index contributed by atoms with van der Waals surface area (Å²) in [4.78, 5) is 0. The molecule has 0 aliphatic heterocycles. The van der Waals surface area contributed by atoms with Gasteiger partial charge in [-0.3, -0.25) is 0 Å². The summed E-state index contributed by atoms with van der Waals surface area (Å²) in [5.74, 6) is 0. The molecule has 0 bridgehead atoms. The summed E-state index contributed by atoms with van der Waals surface area (Å²) in [5, 5.41) is 4.98. The molecule has 0 spiro atoms. The van der Waals surface area contributed by atoms with Crippen molar-refractivity contribution in [1.29, 1.82) is 0 Å². The molecule has 2 N–H and O–H groups in total. The second-order valence-electron chi connectivity index (χ2n) is 3.78. The van der Waals surface area contributed by atoms with Crippen molar-refractivity contribution in [2.45, 2.75) is 13.3 Å². The molecular weight excluding hydrogens is 222 g/mol. The first kappa shape index (κ1) is 11.2. The Morgan fingerprint density at radius 1 is 1.44 bits per heavy atom. The van der Waals surface area contributed by atoms with Crippen molar-refractivity contribution in [3.8, 4) is 5.69 Å². The smallest absolute Gasteiger partial charge is 0.0660 e. The van der Waals surface area contributed by atoms with Crippen molar-refractivity contribution in [2.24, 2.45) is 5.73 Å². The Hall–Kier alpha value is -1.32. The molecule has 3 nitrogen and oxygen atoms in total. The van der Waals surface area contributed by atoms with Crippen molar-refractivity contribution in [1.82, 2.24) is 9.78 Å². The maximum atomic E-state index is 6.17. The van der Waals surface area contributed by atoms with E-state index in [2.05, 4.69) is 5.10 Å². The van der Waals surface area contributed by atoms with Crippen LogP contribution in [0.4, 0.5) is 0 Å². The lowest BCUT2D eigenvalue weighted by Gasteiger charge is -2.06. The van der Waals surface area contributed by atoms with Gasteiger partial charge in [-0.2, -0.15) is 5.10 Å². The highest BCUT2D eigenvalue weighted by molar-refractivity contribution is 6.31. The normalized spacial score (nSPS) is 10.7. The van der Waals surface area contributed by atoms with E-state index >= 15 is 0 Å². The number of nitrogens with two attached hydrogens (primary N) is 1. The van der Waals surface area contributed by atoms with Crippen LogP contribution in [0.15, 0.2) is 30.6 Å². The van der Waals surface area contributed by atoms with Crippen LogP contribution < -0.4 is 5.73 Å². The van der Waals surface area contributed by atoms with E-state index in [9.17, 15) is 0 Å². The van der Waals surface area contributed by atoms with Gasteiger partial charge < -0.3 is 5.73 Å². The van der Waals surface area contributed by atoms with E-state index in [0.717, 1.165) is 28.3 Å². The minimum absolute atomic E-state index is 0.611. The predicted octanol–water partition coefficient (Wildman–Crippen LogP) is 2.34. The minimum atomic E-state index is 0.611. The summed E-state index contributed by atoms with van der Waals surface area (Å²) >= 11 is 6.17. The average molecular weight is 236 g/mol. The summed E-state index contributed by atoms with van der Waals surface area (Å²) < 4.78 is 1.81. The monoisotopic (exact) mass is 235 g/mol. The van der Waals surface area contributed by atoms with Gasteiger partial charge in [-0.05, 0) is 43.1 Å². The molecule has 0 aliphatic carbocycles. The van der Waals surface area contributed by atoms with Gasteiger partial charge in [0.05, 0.1) is 11.9 Å². The molecule has 84 valence electrons. The van der Waals surface area contributed by atoms with E-state index in [0.29, 0.717) is 6.54 Å². The van der Waals surface area contributed by atoms with E-state index in [-0.39, 0.29) is 0 Å². The van der Waals surface area contributed by atoms with Gasteiger partial charge >= 0.3 is 0 Å². The highest BCUT2D eigenvalue weighted by Crippen LogP contribution is 2.20. The number of benzene rings is 1. The molecule has 0 radical (unpaired) electrons. The molecule has 0 atom stereocenters. The van der Waals surface area contributed by atoms with Crippen LogP contribution >= 0.6 is 11.6 Å². The topological polar surface area (TPSA) is 43.8 Å². The van der Waals surface area contributed by atoms with E-state index in [1.54, 1.807) is 0 Å². The second-order valence-corrected chi connectivity index (χ2v) is 4.18. The molecule has 1 aromatic heterocycles. The number of aromatic nitrogens is 2. The molecular formula is C12H14ClN3. The van der Waals surface area contributed by atoms with Crippen molar-refractivity contribution in [3.63, 3.8) is 0 Å². The number of halogens is 1. The molecule has 0 saturated carbocycles. The van der Waals surface area contributed by atoms with E-state index in [1.807, 2.05) is 42.2 Å². The molecule has 0 unspecified atom stereocenters. The Morgan fingerprint density at radius 3 is 2.81 bits per heavy atom. The molecule has 0 amide bonds. The van der Waals surface area contributed by atoms with Gasteiger partial charge in [0.1, 0.15) is 0 Å². The summed E-state index contributed by atoms with van der Waals surface area (Å²) in [5.41, 5.74) is 8.68. The molecule has 1 heterocycles. The van der Waals surface area contributed by atoms with Gasteiger partial charge in [-0.15, -0.1) is 0 Å². The number of nitrogens with zero attached hydrogens (tertiary/aromatic N) is 2. The molecule has 4 heteroatoms. The van der Waals surface area contributed by atoms with E-state index in [1.165, 1.54) is 0 Å². The number of hydrogen-bond acceptors (Lipinski definition) is 2. The summed E-state index contributed by atoms with van der Waals surface area (Å²) in [7, 11) is 0. The SMILES string of the molecule is Cc1cnn(-c2ccc(CCN)c(Cl)c2)c1. The van der Waals surface area contributed by atoms with Gasteiger partial charge in [-0.25, -0.2) is 4.68 Å². The largest absolute Gasteiger partial charge is 0.330 e. The van der Waals surface area contributed by atoms with Crippen molar-refractivity contribution in [3.05, 3.63) is 46.7 Å². The highest BCUT2D eigenvalue weighted by atomic mass is 35.5. The third kappa shape index (κ3) is 2.26. The predicted molar refractivity (Wildman–Crippen MR) is 66.1 cm³/mol. The van der Waals surface area contributed by atoms with Crippen LogP contribution in [0.2, 0.25) is 5.02 Å². The highest BCUT2D eigenvalue weighted by Gasteiger charge is 2.03. The van der Waals surface area contributed by atoms with Crippen LogP contribution in [-0.2, 0) is 6.42 Å². The third-order valence-corrected chi connectivity index (χ3v) is 2.78. The zero-order valence-corrected chi connectivity index (χ0v) is 9.91. The quantitative estimate of drug-likeness (QED) is 0.888. The van der Waals surface area contributed by atoms with Crippen LogP contribution in [0.25, 0.3) is 5.69 Å². The molecule has 1 aromatic carbocycles. The van der Waals surface area contributed by atoms with E-state index in [4.69, 9.17) is 17.3 Å². The third-order valence-electron chi connectivity index (χ3n) is 2.43. The fourth-order valence-electron chi connectivity index (χ4n) is 1.59. The molecule has 2 rings (SSSR count). The van der Waals surface area contributed by atoms with Crippen molar-refractivity contribution >= 4 is 11.6 Å². The van der Waals surface area contributed by atoms with E-state index < -0.39 is 0 Å². The van der Waals surface area contributed by atoms with Crippen molar-refractivity contribution in [2.75, 3.05) is 6.54 Å². The van der Waals surface area contributed by atoms with Gasteiger partial charge in [0.15, 0.2) is 0 Å². The van der Waals surface area contributed by atoms with Crippen molar-refractivity contribution < 1.29 is 0 Å². The van der Waals surface area contributed by atoms with Gasteiger partial charge in [0.25, 0.3) is 0 Å². The second kappa shape index (κ2) is 4.68. The summed E-state index contributed by atoms with van der Waals surface area (Å²) in [6.07, 6.45) is 4.59. The molecule has 0 aliphatic rings. The van der Waals surface area contributed by atoms with Crippen LogP contribution in [0, 0.1) is 6.92 Å². The number of aryl methyl sites for hydroxylation is 1. The molecule has 0 saturated heterocycles. The molecule has 0 fully saturated rings. The maximum Gasteiger partial charge on any atom is 0.0660 e. The Morgan fingerprint density at radius 2 is 2.25 bits per heavy atom. The lowest BCUT2D eigenvalue weighted by Crippen LogP contribution is -2.03. The maximum absolute atomic E-state index is 6.17. The van der Waals surface area contributed by atoms with Crippen LogP contribution in [0.1, 0.15) is 11.1 Å². The van der Waals surface area contributed by atoms with Crippen LogP contribution in [0.5, 0.6) is 0 Å². The Labute approximate surface area is 99.8 Å². The Balaban J connectivity index is 2.34. The summed E-state index contributed by atoms with van der Waals surface area (Å²) in [6.45, 7) is 2.62. The van der Waals surface area contributed by atoms with Gasteiger partial charge in [0.2, 0.25) is 0 Å². The Kier molecular flexibility index (Phi) is 3.27. The first-order chi connectivity index (χ1) is 7.70. The van der Waals surface area contributed by atoms with Crippen LogP contribution in [-0.4, -0.2) is 16.3 Å². The number of rotatable bonds is 3. The minimum Gasteiger partial charge on any atom is -0.330 e. The number of hydrogen-bond donors (Lipinski definition) is 1. The lowest BCUT2D eigenvalue weighted by atomic mass is 10.1. The standard InChI is InChI=1S/C12H14ClN3/c1-9-7-15-16(8-9)11-3-2-10(4-5-14)12(13)6-11/h2-3,6-8H,4-5,14H2,1H3. The first-order valence-electron chi connectivity index (χ1n) is 5.21. The molecule has 2 aromatic rings. The molecule has 16 heavy (non-hydrogen) atoms. The fraction of sp³-hybridized carbons (Fsp3) is 0.250. The fourth-order valence-corrected chi connectivity index (χ4v) is 1.86. The van der Waals surface area contributed by atoms with Gasteiger partial charge in [-0.1, -0.05) is 17.7 Å². The zero-order valence-electron chi connectivity index (χ0n) is 9.15. The lowest BCUT2D eigenvalue weighted by molar-refractivity contribution is 0.877. The average Bonchev–Trinajstić information content (AvgIpc) is 2.68. The van der Waals surface area contributed by atoms with Gasteiger partial charge in [0, 0.05) is 11.2 Å².